The number of carbonyl (C=O) groups is 2. The van der Waals surface area contributed by atoms with Gasteiger partial charge in [-0.15, -0.1) is 0 Å². The lowest BCUT2D eigenvalue weighted by Crippen LogP contribution is -2.49. The molecular formula is C13H16INO4. The van der Waals surface area contributed by atoms with Gasteiger partial charge in [0.25, 0.3) is 5.91 Å². The van der Waals surface area contributed by atoms with Crippen LogP contribution in [0.2, 0.25) is 0 Å². The Morgan fingerprint density at radius 3 is 2.32 bits per heavy atom. The van der Waals surface area contributed by atoms with Gasteiger partial charge in [-0.1, -0.05) is 20.8 Å². The standard InChI is InChI=1S/C13H16INO4/c1-13(2,3)10(12(18)19)15-11(17)7-4-5-8(14)9(16)6-7/h4-6,10,16H,1-3H3,(H,15,17)(H,18,19). The summed E-state index contributed by atoms with van der Waals surface area (Å²) >= 11 is 1.94. The van der Waals surface area contributed by atoms with Gasteiger partial charge in [0.1, 0.15) is 11.8 Å². The minimum atomic E-state index is -1.09. The molecule has 1 aromatic rings. The van der Waals surface area contributed by atoms with Crippen LogP contribution >= 0.6 is 22.6 Å². The molecule has 0 saturated carbocycles. The van der Waals surface area contributed by atoms with Crippen molar-refractivity contribution < 1.29 is 19.8 Å². The Morgan fingerprint density at radius 1 is 1.32 bits per heavy atom. The molecule has 0 saturated heterocycles. The van der Waals surface area contributed by atoms with Crippen LogP contribution in [0.25, 0.3) is 0 Å². The summed E-state index contributed by atoms with van der Waals surface area (Å²) in [6.07, 6.45) is 0. The number of benzene rings is 1. The Labute approximate surface area is 125 Å². The van der Waals surface area contributed by atoms with Crippen molar-refractivity contribution >= 4 is 34.5 Å². The SMILES string of the molecule is CC(C)(C)C(NC(=O)c1ccc(I)c(O)c1)C(=O)O. The average Bonchev–Trinajstić information content (AvgIpc) is 2.27. The summed E-state index contributed by atoms with van der Waals surface area (Å²) in [4.78, 5) is 23.2. The highest BCUT2D eigenvalue weighted by molar-refractivity contribution is 14.1. The van der Waals surface area contributed by atoms with Gasteiger partial charge in [0.15, 0.2) is 0 Å². The first kappa shape index (κ1) is 15.7. The van der Waals surface area contributed by atoms with E-state index in [0.717, 1.165) is 0 Å². The van der Waals surface area contributed by atoms with Gasteiger partial charge < -0.3 is 15.5 Å². The van der Waals surface area contributed by atoms with E-state index in [0.29, 0.717) is 3.57 Å². The Hall–Kier alpha value is -1.31. The van der Waals surface area contributed by atoms with Gasteiger partial charge in [-0.2, -0.15) is 0 Å². The largest absolute Gasteiger partial charge is 0.507 e. The highest BCUT2D eigenvalue weighted by Crippen LogP contribution is 2.22. The van der Waals surface area contributed by atoms with Gasteiger partial charge in [0.2, 0.25) is 0 Å². The van der Waals surface area contributed by atoms with Gasteiger partial charge >= 0.3 is 5.97 Å². The molecule has 1 amide bonds. The van der Waals surface area contributed by atoms with Crippen molar-refractivity contribution in [3.05, 3.63) is 27.3 Å². The van der Waals surface area contributed by atoms with E-state index in [4.69, 9.17) is 5.11 Å². The number of aromatic hydroxyl groups is 1. The molecule has 1 atom stereocenters. The molecule has 0 spiro atoms. The highest BCUT2D eigenvalue weighted by Gasteiger charge is 2.32. The van der Waals surface area contributed by atoms with Crippen molar-refractivity contribution in [3.8, 4) is 5.75 Å². The number of hydrogen-bond donors (Lipinski definition) is 3. The van der Waals surface area contributed by atoms with E-state index in [1.165, 1.54) is 6.07 Å². The molecule has 0 aliphatic rings. The topological polar surface area (TPSA) is 86.6 Å². The summed E-state index contributed by atoms with van der Waals surface area (Å²) < 4.78 is 0.625. The van der Waals surface area contributed by atoms with Crippen LogP contribution in [0.3, 0.4) is 0 Å². The first-order chi connectivity index (χ1) is 8.62. The normalized spacial score (nSPS) is 12.8. The zero-order chi connectivity index (χ0) is 14.8. The molecule has 0 aliphatic heterocycles. The summed E-state index contributed by atoms with van der Waals surface area (Å²) in [6, 6.07) is 3.45. The maximum atomic E-state index is 12.0. The molecule has 104 valence electrons. The highest BCUT2D eigenvalue weighted by atomic mass is 127. The van der Waals surface area contributed by atoms with E-state index in [1.807, 2.05) is 22.6 Å². The van der Waals surface area contributed by atoms with E-state index in [1.54, 1.807) is 32.9 Å². The second-order valence-electron chi connectivity index (χ2n) is 5.28. The van der Waals surface area contributed by atoms with Crippen LogP contribution in [0.15, 0.2) is 18.2 Å². The van der Waals surface area contributed by atoms with Crippen molar-refractivity contribution in [2.75, 3.05) is 0 Å². The third kappa shape index (κ3) is 4.09. The van der Waals surface area contributed by atoms with Gasteiger partial charge in [-0.05, 0) is 46.2 Å². The minimum absolute atomic E-state index is 0.00381. The van der Waals surface area contributed by atoms with E-state index in [9.17, 15) is 14.7 Å². The molecular weight excluding hydrogens is 361 g/mol. The average molecular weight is 377 g/mol. The molecule has 1 rings (SSSR count). The number of carboxylic acid groups (broad SMARTS) is 1. The number of nitrogens with one attached hydrogen (secondary N) is 1. The Bertz CT molecular complexity index is 508. The van der Waals surface area contributed by atoms with Gasteiger partial charge in [0.05, 0.1) is 3.57 Å². The van der Waals surface area contributed by atoms with Crippen molar-refractivity contribution in [1.82, 2.24) is 5.32 Å². The van der Waals surface area contributed by atoms with Crippen molar-refractivity contribution in [3.63, 3.8) is 0 Å². The van der Waals surface area contributed by atoms with Gasteiger partial charge in [-0.25, -0.2) is 4.79 Å². The second-order valence-corrected chi connectivity index (χ2v) is 6.44. The van der Waals surface area contributed by atoms with E-state index in [-0.39, 0.29) is 11.3 Å². The zero-order valence-corrected chi connectivity index (χ0v) is 13.1. The smallest absolute Gasteiger partial charge is 0.326 e. The summed E-state index contributed by atoms with van der Waals surface area (Å²) in [5, 5.41) is 21.2. The molecule has 3 N–H and O–H groups in total. The third-order valence-corrected chi connectivity index (χ3v) is 3.51. The lowest BCUT2D eigenvalue weighted by atomic mass is 9.86. The number of amides is 1. The molecule has 0 fully saturated rings. The summed E-state index contributed by atoms with van der Waals surface area (Å²) in [6.45, 7) is 5.20. The summed E-state index contributed by atoms with van der Waals surface area (Å²) in [5.74, 6) is -1.61. The number of aliphatic carboxylic acids is 1. The lowest BCUT2D eigenvalue weighted by Gasteiger charge is -2.27. The first-order valence-corrected chi connectivity index (χ1v) is 6.73. The van der Waals surface area contributed by atoms with Gasteiger partial charge in [0, 0.05) is 5.56 Å². The Kier molecular flexibility index (Phi) is 4.78. The Morgan fingerprint density at radius 2 is 1.89 bits per heavy atom. The molecule has 0 radical (unpaired) electrons. The fourth-order valence-corrected chi connectivity index (χ4v) is 1.85. The quantitative estimate of drug-likeness (QED) is 0.706. The number of halogens is 1. The molecule has 1 unspecified atom stereocenters. The summed E-state index contributed by atoms with van der Waals surface area (Å²) in [7, 11) is 0. The van der Waals surface area contributed by atoms with Crippen LogP contribution in [-0.4, -0.2) is 28.1 Å². The molecule has 0 heterocycles. The predicted octanol–water partition coefficient (Wildman–Crippen LogP) is 2.23. The number of carbonyl (C=O) groups excluding carboxylic acids is 1. The van der Waals surface area contributed by atoms with Crippen LogP contribution in [0.4, 0.5) is 0 Å². The molecule has 0 bridgehead atoms. The van der Waals surface area contributed by atoms with Gasteiger partial charge in [-0.3, -0.25) is 4.79 Å². The van der Waals surface area contributed by atoms with E-state index >= 15 is 0 Å². The zero-order valence-electron chi connectivity index (χ0n) is 10.9. The first-order valence-electron chi connectivity index (χ1n) is 5.65. The molecule has 6 heteroatoms. The number of hydrogen-bond acceptors (Lipinski definition) is 3. The third-order valence-electron chi connectivity index (χ3n) is 2.60. The maximum absolute atomic E-state index is 12.0. The van der Waals surface area contributed by atoms with E-state index in [2.05, 4.69) is 5.32 Å². The second kappa shape index (κ2) is 5.77. The lowest BCUT2D eigenvalue weighted by molar-refractivity contribution is -0.142. The van der Waals surface area contributed by atoms with Crippen molar-refractivity contribution in [2.45, 2.75) is 26.8 Å². The fraction of sp³-hybridized carbons (Fsp3) is 0.385. The molecule has 1 aromatic carbocycles. The van der Waals surface area contributed by atoms with E-state index < -0.39 is 23.3 Å². The Balaban J connectivity index is 2.94. The molecule has 0 aliphatic carbocycles. The van der Waals surface area contributed by atoms with Crippen LogP contribution < -0.4 is 5.32 Å². The van der Waals surface area contributed by atoms with Crippen LogP contribution in [-0.2, 0) is 4.79 Å². The van der Waals surface area contributed by atoms with Crippen LogP contribution in [0.1, 0.15) is 31.1 Å². The number of phenolic OH excluding ortho intramolecular Hbond substituents is 1. The fourth-order valence-electron chi connectivity index (χ4n) is 1.52. The number of carboxylic acids is 1. The maximum Gasteiger partial charge on any atom is 0.326 e. The van der Waals surface area contributed by atoms with Crippen molar-refractivity contribution in [2.24, 2.45) is 5.41 Å². The molecule has 19 heavy (non-hydrogen) atoms. The minimum Gasteiger partial charge on any atom is -0.507 e. The molecule has 0 aromatic heterocycles. The predicted molar refractivity (Wildman–Crippen MR) is 79.2 cm³/mol. The van der Waals surface area contributed by atoms with Crippen molar-refractivity contribution in [1.29, 1.82) is 0 Å². The molecule has 5 nitrogen and oxygen atoms in total. The van der Waals surface area contributed by atoms with Crippen LogP contribution in [0, 0.1) is 8.99 Å². The monoisotopic (exact) mass is 377 g/mol. The number of rotatable bonds is 3. The summed E-state index contributed by atoms with van der Waals surface area (Å²) in [5.41, 5.74) is -0.374. The number of phenols is 1. The van der Waals surface area contributed by atoms with Crippen LogP contribution in [0.5, 0.6) is 5.75 Å².